The maximum atomic E-state index is 13.2. The molecule has 0 radical (unpaired) electrons. The van der Waals surface area contributed by atoms with Crippen molar-refractivity contribution in [1.82, 2.24) is 15.2 Å². The monoisotopic (exact) mass is 433 g/mol. The Kier molecular flexibility index (Phi) is 5.36. The van der Waals surface area contributed by atoms with Crippen LogP contribution < -0.4 is 16.2 Å². The molecule has 3 aromatic rings. The molecule has 4 atom stereocenters. The van der Waals surface area contributed by atoms with E-state index >= 15 is 0 Å². The molecule has 5 rings (SSSR count). The second-order valence-corrected chi connectivity index (χ2v) is 8.43. The molecule has 0 bridgehead atoms. The molecule has 6 nitrogen and oxygen atoms in total. The number of carbonyl (C=O) groups excluding carboxylic acids is 1. The van der Waals surface area contributed by atoms with E-state index < -0.39 is 6.04 Å². The summed E-state index contributed by atoms with van der Waals surface area (Å²) in [5.41, 5.74) is 3.09. The van der Waals surface area contributed by atoms with Gasteiger partial charge in [-0.25, -0.2) is 4.39 Å². The van der Waals surface area contributed by atoms with E-state index in [1.54, 1.807) is 16.7 Å². The molecular formula is C25H24FN3O3. The topological polar surface area (TPSA) is 83.4 Å². The summed E-state index contributed by atoms with van der Waals surface area (Å²) < 4.78 is 14.8. The minimum atomic E-state index is -0.562. The fraction of sp³-hybridized carbons (Fsp3) is 0.280. The summed E-state index contributed by atoms with van der Waals surface area (Å²) >= 11 is 0. The lowest BCUT2D eigenvalue weighted by Gasteiger charge is -2.21. The molecule has 164 valence electrons. The number of hydrogen-bond acceptors (Lipinski definition) is 4. The number of aliphatic hydroxyl groups excluding tert-OH is 1. The maximum Gasteiger partial charge on any atom is 0.258 e. The minimum Gasteiger partial charge on any atom is -0.396 e. The molecule has 2 aromatic carbocycles. The van der Waals surface area contributed by atoms with Gasteiger partial charge in [-0.1, -0.05) is 42.5 Å². The molecule has 0 saturated carbocycles. The molecule has 0 unspecified atom stereocenters. The number of nitrogens with one attached hydrogen (secondary N) is 2. The average molecular weight is 433 g/mol. The lowest BCUT2D eigenvalue weighted by atomic mass is 9.88. The van der Waals surface area contributed by atoms with E-state index in [4.69, 9.17) is 0 Å². The Bertz CT molecular complexity index is 1190. The van der Waals surface area contributed by atoms with Crippen LogP contribution in [-0.4, -0.2) is 28.2 Å². The van der Waals surface area contributed by atoms with Gasteiger partial charge in [-0.05, 0) is 35.4 Å². The highest BCUT2D eigenvalue weighted by Crippen LogP contribution is 2.42. The Morgan fingerprint density at radius 1 is 1.09 bits per heavy atom. The Morgan fingerprint density at radius 3 is 2.56 bits per heavy atom. The Balaban J connectivity index is 1.35. The van der Waals surface area contributed by atoms with Gasteiger partial charge in [0, 0.05) is 42.8 Å². The van der Waals surface area contributed by atoms with Gasteiger partial charge in [0.1, 0.15) is 5.82 Å². The van der Waals surface area contributed by atoms with Crippen molar-refractivity contribution in [1.29, 1.82) is 0 Å². The van der Waals surface area contributed by atoms with E-state index in [2.05, 4.69) is 10.6 Å². The molecule has 1 aromatic heterocycles. The molecule has 3 N–H and O–H groups in total. The molecule has 1 amide bonds. The third kappa shape index (κ3) is 3.53. The van der Waals surface area contributed by atoms with Gasteiger partial charge in [-0.15, -0.1) is 0 Å². The zero-order valence-corrected chi connectivity index (χ0v) is 17.4. The molecule has 3 heterocycles. The standard InChI is InChI=1S/C25H24FN3O3/c26-17-8-6-15(7-9-17)12-27-24(31)23-20(14-30)19-13-29-21(22(19)28-23)11-10-18(25(29)32)16-4-2-1-3-5-16/h1-11,19-20,22-23,28,30H,12-14H2,(H,27,31)/t19-,20-,22+,23-/m0/s1. The summed E-state index contributed by atoms with van der Waals surface area (Å²) in [5, 5.41) is 16.3. The molecule has 0 spiro atoms. The van der Waals surface area contributed by atoms with Crippen LogP contribution in [0.25, 0.3) is 11.1 Å². The Morgan fingerprint density at radius 2 is 1.84 bits per heavy atom. The summed E-state index contributed by atoms with van der Waals surface area (Å²) in [6.07, 6.45) is 0. The van der Waals surface area contributed by atoms with E-state index in [0.717, 1.165) is 16.8 Å². The first-order chi connectivity index (χ1) is 15.6. The van der Waals surface area contributed by atoms with E-state index in [0.29, 0.717) is 12.1 Å². The lowest BCUT2D eigenvalue weighted by molar-refractivity contribution is -0.124. The first-order valence-electron chi connectivity index (χ1n) is 10.7. The normalized spacial score (nSPS) is 23.6. The number of nitrogens with zero attached hydrogens (tertiary/aromatic N) is 1. The molecule has 1 saturated heterocycles. The van der Waals surface area contributed by atoms with Gasteiger partial charge in [-0.3, -0.25) is 14.9 Å². The average Bonchev–Trinajstić information content (AvgIpc) is 3.36. The summed E-state index contributed by atoms with van der Waals surface area (Å²) in [5.74, 6) is -0.902. The Labute approximate surface area is 184 Å². The van der Waals surface area contributed by atoms with Crippen LogP contribution in [0.2, 0.25) is 0 Å². The zero-order chi connectivity index (χ0) is 22.2. The van der Waals surface area contributed by atoms with Crippen molar-refractivity contribution in [3.63, 3.8) is 0 Å². The van der Waals surface area contributed by atoms with Crippen LogP contribution in [0.4, 0.5) is 4.39 Å². The summed E-state index contributed by atoms with van der Waals surface area (Å²) in [4.78, 5) is 26.0. The summed E-state index contributed by atoms with van der Waals surface area (Å²) in [6, 6.07) is 18.5. The molecule has 2 aliphatic rings. The van der Waals surface area contributed by atoms with Crippen LogP contribution in [0.3, 0.4) is 0 Å². The number of benzene rings is 2. The Hall–Kier alpha value is -3.29. The second-order valence-electron chi connectivity index (χ2n) is 8.43. The van der Waals surface area contributed by atoms with Crippen molar-refractivity contribution in [3.8, 4) is 11.1 Å². The number of fused-ring (bicyclic) bond motifs is 3. The van der Waals surface area contributed by atoms with Gasteiger partial charge in [0.15, 0.2) is 0 Å². The second kappa shape index (κ2) is 8.33. The van der Waals surface area contributed by atoms with Gasteiger partial charge in [0.05, 0.1) is 12.1 Å². The fourth-order valence-electron chi connectivity index (χ4n) is 4.99. The van der Waals surface area contributed by atoms with Crippen molar-refractivity contribution in [2.45, 2.75) is 25.2 Å². The van der Waals surface area contributed by atoms with Crippen LogP contribution in [0.5, 0.6) is 0 Å². The lowest BCUT2D eigenvalue weighted by Crippen LogP contribution is -2.46. The quantitative estimate of drug-likeness (QED) is 0.576. The fourth-order valence-corrected chi connectivity index (χ4v) is 4.99. The first-order valence-corrected chi connectivity index (χ1v) is 10.7. The smallest absolute Gasteiger partial charge is 0.258 e. The van der Waals surface area contributed by atoms with E-state index in [1.807, 2.05) is 42.5 Å². The molecule has 0 aliphatic carbocycles. The van der Waals surface area contributed by atoms with E-state index in [1.165, 1.54) is 12.1 Å². The van der Waals surface area contributed by atoms with Crippen LogP contribution in [0.15, 0.2) is 71.5 Å². The highest BCUT2D eigenvalue weighted by Gasteiger charge is 2.50. The van der Waals surface area contributed by atoms with Crippen molar-refractivity contribution in [3.05, 3.63) is 94.2 Å². The van der Waals surface area contributed by atoms with Crippen LogP contribution in [-0.2, 0) is 17.9 Å². The van der Waals surface area contributed by atoms with Gasteiger partial charge >= 0.3 is 0 Å². The molecule has 2 aliphatic heterocycles. The van der Waals surface area contributed by atoms with Gasteiger partial charge in [0.2, 0.25) is 5.91 Å². The molecule has 32 heavy (non-hydrogen) atoms. The predicted molar refractivity (Wildman–Crippen MR) is 118 cm³/mol. The van der Waals surface area contributed by atoms with Crippen molar-refractivity contribution in [2.24, 2.45) is 11.8 Å². The number of hydrogen-bond donors (Lipinski definition) is 3. The predicted octanol–water partition coefficient (Wildman–Crippen LogP) is 2.22. The van der Waals surface area contributed by atoms with Gasteiger partial charge < -0.3 is 15.0 Å². The van der Waals surface area contributed by atoms with Crippen LogP contribution in [0.1, 0.15) is 17.3 Å². The molecular weight excluding hydrogens is 409 g/mol. The SMILES string of the molecule is O=C(NCc1ccc(F)cc1)[C@H]1N[C@H]2c3ccc(-c4ccccc4)c(=O)n3C[C@H]2[C@@H]1CO. The third-order valence-corrected chi connectivity index (χ3v) is 6.64. The summed E-state index contributed by atoms with van der Waals surface area (Å²) in [7, 11) is 0. The van der Waals surface area contributed by atoms with Gasteiger partial charge in [0.25, 0.3) is 5.56 Å². The number of aromatic nitrogens is 1. The summed E-state index contributed by atoms with van der Waals surface area (Å²) in [6.45, 7) is 0.581. The third-order valence-electron chi connectivity index (χ3n) is 6.64. The van der Waals surface area contributed by atoms with Crippen LogP contribution in [0, 0.1) is 17.7 Å². The highest BCUT2D eigenvalue weighted by molar-refractivity contribution is 5.82. The van der Waals surface area contributed by atoms with E-state index in [9.17, 15) is 19.1 Å². The number of carbonyl (C=O) groups is 1. The minimum absolute atomic E-state index is 0.0553. The van der Waals surface area contributed by atoms with Gasteiger partial charge in [-0.2, -0.15) is 0 Å². The first kappa shape index (κ1) is 20.6. The number of aliphatic hydroxyl groups is 1. The zero-order valence-electron chi connectivity index (χ0n) is 17.4. The number of pyridine rings is 1. The molecule has 1 fully saturated rings. The number of rotatable bonds is 5. The maximum absolute atomic E-state index is 13.2. The van der Waals surface area contributed by atoms with Crippen molar-refractivity contribution >= 4 is 5.91 Å². The highest BCUT2D eigenvalue weighted by atomic mass is 19.1. The largest absolute Gasteiger partial charge is 0.396 e. The molecule has 7 heteroatoms. The number of halogens is 1. The van der Waals surface area contributed by atoms with E-state index in [-0.39, 0.29) is 48.3 Å². The van der Waals surface area contributed by atoms with Crippen molar-refractivity contribution in [2.75, 3.05) is 6.61 Å². The van der Waals surface area contributed by atoms with Crippen LogP contribution >= 0.6 is 0 Å². The number of amides is 1. The van der Waals surface area contributed by atoms with Crippen molar-refractivity contribution < 1.29 is 14.3 Å².